The van der Waals surface area contributed by atoms with E-state index >= 15 is 0 Å². The molecular weight excluding hydrogens is 172 g/mol. The van der Waals surface area contributed by atoms with E-state index in [-0.39, 0.29) is 0 Å². The lowest BCUT2D eigenvalue weighted by molar-refractivity contribution is 0.520. The van der Waals surface area contributed by atoms with Crippen LogP contribution in [0.2, 0.25) is 0 Å². The Morgan fingerprint density at radius 2 is 2.07 bits per heavy atom. The SMILES string of the molecule is CC(CCC#N)NCc1ccccc1. The number of nitriles is 1. The molecule has 1 rings (SSSR count). The van der Waals surface area contributed by atoms with Crippen LogP contribution in [-0.2, 0) is 6.54 Å². The zero-order valence-electron chi connectivity index (χ0n) is 8.53. The maximum absolute atomic E-state index is 8.42. The van der Waals surface area contributed by atoms with Crippen LogP contribution in [0.4, 0.5) is 0 Å². The van der Waals surface area contributed by atoms with E-state index in [0.717, 1.165) is 13.0 Å². The summed E-state index contributed by atoms with van der Waals surface area (Å²) in [6, 6.07) is 12.9. The minimum Gasteiger partial charge on any atom is -0.310 e. The van der Waals surface area contributed by atoms with Crippen molar-refractivity contribution in [1.29, 1.82) is 5.26 Å². The number of hydrogen-bond donors (Lipinski definition) is 1. The van der Waals surface area contributed by atoms with Gasteiger partial charge in [-0.25, -0.2) is 0 Å². The molecule has 0 amide bonds. The van der Waals surface area contributed by atoms with Crippen LogP contribution < -0.4 is 5.32 Å². The molecule has 0 saturated carbocycles. The normalized spacial score (nSPS) is 12.0. The molecule has 0 aromatic heterocycles. The van der Waals surface area contributed by atoms with Gasteiger partial charge >= 0.3 is 0 Å². The van der Waals surface area contributed by atoms with Gasteiger partial charge in [0.15, 0.2) is 0 Å². The van der Waals surface area contributed by atoms with Gasteiger partial charge in [0.2, 0.25) is 0 Å². The van der Waals surface area contributed by atoms with Crippen molar-refractivity contribution >= 4 is 0 Å². The molecule has 14 heavy (non-hydrogen) atoms. The van der Waals surface area contributed by atoms with Crippen molar-refractivity contribution in [3.8, 4) is 6.07 Å². The van der Waals surface area contributed by atoms with E-state index in [0.29, 0.717) is 12.5 Å². The van der Waals surface area contributed by atoms with Crippen LogP contribution >= 0.6 is 0 Å². The minimum atomic E-state index is 0.412. The molecule has 0 bridgehead atoms. The molecule has 0 fully saturated rings. The summed E-state index contributed by atoms with van der Waals surface area (Å²) in [4.78, 5) is 0. The molecule has 0 aliphatic carbocycles. The van der Waals surface area contributed by atoms with Gasteiger partial charge in [-0.2, -0.15) is 5.26 Å². The smallest absolute Gasteiger partial charge is 0.0622 e. The van der Waals surface area contributed by atoms with Crippen molar-refractivity contribution in [2.45, 2.75) is 32.4 Å². The molecule has 0 heterocycles. The van der Waals surface area contributed by atoms with Gasteiger partial charge in [0.1, 0.15) is 0 Å². The Balaban J connectivity index is 2.24. The standard InChI is InChI=1S/C12H16N2/c1-11(6-5-9-13)14-10-12-7-3-2-4-8-12/h2-4,7-8,11,14H,5-6,10H2,1H3. The van der Waals surface area contributed by atoms with Crippen LogP contribution in [0, 0.1) is 11.3 Å². The summed E-state index contributed by atoms with van der Waals surface area (Å²) in [6.07, 6.45) is 1.55. The molecule has 0 saturated heterocycles. The van der Waals surface area contributed by atoms with Crippen LogP contribution in [0.3, 0.4) is 0 Å². The average molecular weight is 188 g/mol. The lowest BCUT2D eigenvalue weighted by Gasteiger charge is -2.11. The van der Waals surface area contributed by atoms with Crippen molar-refractivity contribution in [2.24, 2.45) is 0 Å². The third-order valence-electron chi connectivity index (χ3n) is 2.19. The summed E-state index contributed by atoms with van der Waals surface area (Å²) in [6.45, 7) is 2.99. The lowest BCUT2D eigenvalue weighted by Crippen LogP contribution is -2.25. The Morgan fingerprint density at radius 1 is 1.36 bits per heavy atom. The van der Waals surface area contributed by atoms with Gasteiger partial charge in [-0.05, 0) is 18.9 Å². The van der Waals surface area contributed by atoms with E-state index in [4.69, 9.17) is 5.26 Å². The van der Waals surface area contributed by atoms with Crippen LogP contribution in [-0.4, -0.2) is 6.04 Å². The first-order valence-corrected chi connectivity index (χ1v) is 4.97. The van der Waals surface area contributed by atoms with Crippen LogP contribution in [0.15, 0.2) is 30.3 Å². The van der Waals surface area contributed by atoms with Gasteiger partial charge in [0.05, 0.1) is 6.07 Å². The Morgan fingerprint density at radius 3 is 2.71 bits per heavy atom. The van der Waals surface area contributed by atoms with E-state index in [2.05, 4.69) is 30.4 Å². The van der Waals surface area contributed by atoms with Crippen molar-refractivity contribution in [2.75, 3.05) is 0 Å². The predicted molar refractivity (Wildman–Crippen MR) is 57.6 cm³/mol. The van der Waals surface area contributed by atoms with Gasteiger partial charge in [0, 0.05) is 19.0 Å². The number of nitrogens with one attached hydrogen (secondary N) is 1. The quantitative estimate of drug-likeness (QED) is 0.770. The Hall–Kier alpha value is -1.33. The van der Waals surface area contributed by atoms with Crippen LogP contribution in [0.1, 0.15) is 25.3 Å². The van der Waals surface area contributed by atoms with Gasteiger partial charge in [-0.1, -0.05) is 30.3 Å². The zero-order chi connectivity index (χ0) is 10.2. The second-order valence-corrected chi connectivity index (χ2v) is 3.46. The monoisotopic (exact) mass is 188 g/mol. The maximum Gasteiger partial charge on any atom is 0.0622 e. The molecule has 1 unspecified atom stereocenters. The number of benzene rings is 1. The van der Waals surface area contributed by atoms with Gasteiger partial charge < -0.3 is 5.32 Å². The molecule has 74 valence electrons. The summed E-state index contributed by atoms with van der Waals surface area (Å²) in [5.41, 5.74) is 1.29. The first-order chi connectivity index (χ1) is 6.83. The molecular formula is C12H16N2. The van der Waals surface area contributed by atoms with Crippen molar-refractivity contribution in [3.05, 3.63) is 35.9 Å². The highest BCUT2D eigenvalue weighted by Gasteiger charge is 1.99. The summed E-state index contributed by atoms with van der Waals surface area (Å²) >= 11 is 0. The summed E-state index contributed by atoms with van der Waals surface area (Å²) in [5.74, 6) is 0. The van der Waals surface area contributed by atoms with E-state index in [1.807, 2.05) is 18.2 Å². The fraction of sp³-hybridized carbons (Fsp3) is 0.417. The Kier molecular flexibility index (Phi) is 4.74. The highest BCUT2D eigenvalue weighted by atomic mass is 14.9. The summed E-state index contributed by atoms with van der Waals surface area (Å²) < 4.78 is 0. The third-order valence-corrected chi connectivity index (χ3v) is 2.19. The molecule has 0 aliphatic rings. The third kappa shape index (κ3) is 4.06. The van der Waals surface area contributed by atoms with E-state index in [1.165, 1.54) is 5.56 Å². The maximum atomic E-state index is 8.42. The van der Waals surface area contributed by atoms with E-state index in [9.17, 15) is 0 Å². The zero-order valence-corrected chi connectivity index (χ0v) is 8.53. The van der Waals surface area contributed by atoms with E-state index in [1.54, 1.807) is 0 Å². The van der Waals surface area contributed by atoms with Gasteiger partial charge in [-0.15, -0.1) is 0 Å². The van der Waals surface area contributed by atoms with Crippen molar-refractivity contribution in [3.63, 3.8) is 0 Å². The fourth-order valence-electron chi connectivity index (χ4n) is 1.27. The highest BCUT2D eigenvalue weighted by molar-refractivity contribution is 5.14. The highest BCUT2D eigenvalue weighted by Crippen LogP contribution is 2.00. The van der Waals surface area contributed by atoms with Crippen molar-refractivity contribution in [1.82, 2.24) is 5.32 Å². The Bertz CT molecular complexity index is 287. The first kappa shape index (κ1) is 10.7. The molecule has 1 N–H and O–H groups in total. The Labute approximate surface area is 85.6 Å². The molecule has 2 heteroatoms. The molecule has 2 nitrogen and oxygen atoms in total. The largest absolute Gasteiger partial charge is 0.310 e. The minimum absolute atomic E-state index is 0.412. The molecule has 0 radical (unpaired) electrons. The van der Waals surface area contributed by atoms with Crippen LogP contribution in [0.5, 0.6) is 0 Å². The number of nitrogens with zero attached hydrogens (tertiary/aromatic N) is 1. The summed E-state index contributed by atoms with van der Waals surface area (Å²) in [5, 5.41) is 11.8. The average Bonchev–Trinajstić information content (AvgIpc) is 2.25. The second-order valence-electron chi connectivity index (χ2n) is 3.46. The fourth-order valence-corrected chi connectivity index (χ4v) is 1.27. The van der Waals surface area contributed by atoms with Crippen LogP contribution in [0.25, 0.3) is 0 Å². The van der Waals surface area contributed by atoms with Crippen molar-refractivity contribution < 1.29 is 0 Å². The molecule has 1 atom stereocenters. The molecule has 0 aliphatic heterocycles. The van der Waals surface area contributed by atoms with E-state index < -0.39 is 0 Å². The molecule has 1 aromatic carbocycles. The van der Waals surface area contributed by atoms with Gasteiger partial charge in [0.25, 0.3) is 0 Å². The lowest BCUT2D eigenvalue weighted by atomic mass is 10.1. The number of rotatable bonds is 5. The first-order valence-electron chi connectivity index (χ1n) is 4.97. The predicted octanol–water partition coefficient (Wildman–Crippen LogP) is 2.47. The second kappa shape index (κ2) is 6.17. The number of hydrogen-bond acceptors (Lipinski definition) is 2. The molecule has 0 spiro atoms. The van der Waals surface area contributed by atoms with Gasteiger partial charge in [-0.3, -0.25) is 0 Å². The summed E-state index contributed by atoms with van der Waals surface area (Å²) in [7, 11) is 0. The topological polar surface area (TPSA) is 35.8 Å². The molecule has 1 aromatic rings.